The van der Waals surface area contributed by atoms with Crippen LogP contribution in [0.4, 0.5) is 10.1 Å². The van der Waals surface area contributed by atoms with E-state index >= 15 is 0 Å². The molecular weight excluding hydrogens is 253 g/mol. The number of aromatic nitrogens is 2. The van der Waals surface area contributed by atoms with Crippen molar-refractivity contribution in [2.45, 2.75) is 20.4 Å². The predicted molar refractivity (Wildman–Crippen MR) is 71.4 cm³/mol. The molecule has 1 aromatic carbocycles. The molecule has 0 radical (unpaired) electrons. The second-order valence-electron chi connectivity index (χ2n) is 4.30. The number of halogens is 2. The van der Waals surface area contributed by atoms with Crippen LogP contribution >= 0.6 is 11.6 Å². The first-order valence-electron chi connectivity index (χ1n) is 5.66. The first-order valence-corrected chi connectivity index (χ1v) is 6.04. The lowest BCUT2D eigenvalue weighted by atomic mass is 10.2. The van der Waals surface area contributed by atoms with E-state index in [0.717, 1.165) is 22.6 Å². The Bertz CT molecular complexity index is 558. The summed E-state index contributed by atoms with van der Waals surface area (Å²) in [4.78, 5) is 0. The smallest absolute Gasteiger partial charge is 0.125 e. The van der Waals surface area contributed by atoms with E-state index in [4.69, 9.17) is 11.6 Å². The van der Waals surface area contributed by atoms with E-state index in [1.165, 1.54) is 12.1 Å². The molecule has 0 bridgehead atoms. The van der Waals surface area contributed by atoms with E-state index in [-0.39, 0.29) is 5.82 Å². The van der Waals surface area contributed by atoms with Crippen LogP contribution in [0.15, 0.2) is 18.2 Å². The highest BCUT2D eigenvalue weighted by molar-refractivity contribution is 6.30. The van der Waals surface area contributed by atoms with Crippen molar-refractivity contribution < 1.29 is 4.39 Å². The van der Waals surface area contributed by atoms with Crippen molar-refractivity contribution in [1.29, 1.82) is 0 Å². The summed E-state index contributed by atoms with van der Waals surface area (Å²) in [6.07, 6.45) is 0. The Balaban J connectivity index is 2.16. The fourth-order valence-corrected chi connectivity index (χ4v) is 2.18. The third-order valence-electron chi connectivity index (χ3n) is 2.90. The number of anilines is 1. The number of hydrogen-bond acceptors (Lipinski definition) is 2. The van der Waals surface area contributed by atoms with Crippen molar-refractivity contribution in [1.82, 2.24) is 9.78 Å². The van der Waals surface area contributed by atoms with Gasteiger partial charge in [-0.25, -0.2) is 4.39 Å². The van der Waals surface area contributed by atoms with Crippen LogP contribution in [0.5, 0.6) is 0 Å². The van der Waals surface area contributed by atoms with Crippen molar-refractivity contribution in [3.63, 3.8) is 0 Å². The molecule has 18 heavy (non-hydrogen) atoms. The first-order chi connectivity index (χ1) is 8.47. The molecule has 0 saturated carbocycles. The van der Waals surface area contributed by atoms with Gasteiger partial charge in [-0.15, -0.1) is 0 Å². The highest BCUT2D eigenvalue weighted by atomic mass is 35.5. The van der Waals surface area contributed by atoms with E-state index in [2.05, 4.69) is 10.4 Å². The van der Waals surface area contributed by atoms with Gasteiger partial charge < -0.3 is 5.32 Å². The Morgan fingerprint density at radius 2 is 2.06 bits per heavy atom. The molecule has 2 rings (SSSR count). The fourth-order valence-electron chi connectivity index (χ4n) is 1.93. The Morgan fingerprint density at radius 3 is 2.61 bits per heavy atom. The zero-order chi connectivity index (χ0) is 13.3. The molecule has 1 N–H and O–H groups in total. The maximum absolute atomic E-state index is 13.2. The quantitative estimate of drug-likeness (QED) is 0.923. The fraction of sp³-hybridized carbons (Fsp3) is 0.308. The van der Waals surface area contributed by atoms with Crippen molar-refractivity contribution >= 4 is 17.3 Å². The SMILES string of the molecule is Cc1nn(C)c(C)c1NCc1cc(F)cc(Cl)c1. The predicted octanol–water partition coefficient (Wildman–Crippen LogP) is 3.44. The monoisotopic (exact) mass is 267 g/mol. The lowest BCUT2D eigenvalue weighted by Gasteiger charge is -2.07. The Kier molecular flexibility index (Phi) is 3.57. The number of nitrogens with zero attached hydrogens (tertiary/aromatic N) is 2. The van der Waals surface area contributed by atoms with Crippen LogP contribution in [0.1, 0.15) is 17.0 Å². The molecule has 0 aliphatic heterocycles. The second-order valence-corrected chi connectivity index (χ2v) is 4.74. The van der Waals surface area contributed by atoms with Gasteiger partial charge in [0, 0.05) is 18.6 Å². The van der Waals surface area contributed by atoms with Crippen LogP contribution in [0.2, 0.25) is 5.02 Å². The molecule has 0 unspecified atom stereocenters. The normalized spacial score (nSPS) is 10.7. The zero-order valence-electron chi connectivity index (χ0n) is 10.6. The summed E-state index contributed by atoms with van der Waals surface area (Å²) in [6.45, 7) is 4.44. The molecule has 3 nitrogen and oxygen atoms in total. The minimum absolute atomic E-state index is 0.320. The number of aryl methyl sites for hydroxylation is 2. The minimum atomic E-state index is -0.320. The van der Waals surface area contributed by atoms with Gasteiger partial charge in [-0.2, -0.15) is 5.10 Å². The first kappa shape index (κ1) is 12.9. The largest absolute Gasteiger partial charge is 0.378 e. The van der Waals surface area contributed by atoms with Crippen molar-refractivity contribution in [2.24, 2.45) is 7.05 Å². The molecule has 2 aromatic rings. The van der Waals surface area contributed by atoms with E-state index in [1.807, 2.05) is 25.6 Å². The van der Waals surface area contributed by atoms with E-state index in [1.54, 1.807) is 6.07 Å². The molecule has 0 saturated heterocycles. The van der Waals surface area contributed by atoms with Gasteiger partial charge in [0.1, 0.15) is 5.82 Å². The van der Waals surface area contributed by atoms with Crippen molar-refractivity contribution in [3.05, 3.63) is 46.0 Å². The summed E-state index contributed by atoms with van der Waals surface area (Å²) < 4.78 is 15.0. The lowest BCUT2D eigenvalue weighted by Crippen LogP contribution is -2.02. The molecule has 1 heterocycles. The average Bonchev–Trinajstić information content (AvgIpc) is 2.50. The summed E-state index contributed by atoms with van der Waals surface area (Å²) in [5, 5.41) is 7.98. The Hall–Kier alpha value is -1.55. The molecule has 0 fully saturated rings. The maximum Gasteiger partial charge on any atom is 0.125 e. The maximum atomic E-state index is 13.2. The van der Waals surface area contributed by atoms with Crippen LogP contribution < -0.4 is 5.32 Å². The molecule has 0 atom stereocenters. The topological polar surface area (TPSA) is 29.9 Å². The van der Waals surface area contributed by atoms with Crippen molar-refractivity contribution in [3.8, 4) is 0 Å². The second kappa shape index (κ2) is 4.98. The summed E-state index contributed by atoms with van der Waals surface area (Å²) in [6, 6.07) is 4.52. The van der Waals surface area contributed by atoms with Gasteiger partial charge in [0.15, 0.2) is 0 Å². The van der Waals surface area contributed by atoms with Crippen LogP contribution in [0.25, 0.3) is 0 Å². The van der Waals surface area contributed by atoms with Gasteiger partial charge in [-0.1, -0.05) is 11.6 Å². The summed E-state index contributed by atoms with van der Waals surface area (Å²) in [7, 11) is 1.90. The standard InChI is InChI=1S/C13H15ClFN3/c1-8-13(9(2)18(3)17-8)16-7-10-4-11(14)6-12(15)5-10/h4-6,16H,7H2,1-3H3. The lowest BCUT2D eigenvalue weighted by molar-refractivity contribution is 0.626. The van der Waals surface area contributed by atoms with Crippen molar-refractivity contribution in [2.75, 3.05) is 5.32 Å². The van der Waals surface area contributed by atoms with Crippen LogP contribution in [0, 0.1) is 19.7 Å². The molecule has 0 aliphatic rings. The van der Waals surface area contributed by atoms with E-state index in [0.29, 0.717) is 11.6 Å². The van der Waals surface area contributed by atoms with E-state index in [9.17, 15) is 4.39 Å². The summed E-state index contributed by atoms with van der Waals surface area (Å²) in [5.41, 5.74) is 3.77. The number of benzene rings is 1. The van der Waals surface area contributed by atoms with Gasteiger partial charge in [0.05, 0.1) is 17.1 Å². The third kappa shape index (κ3) is 2.64. The van der Waals surface area contributed by atoms with Gasteiger partial charge in [-0.3, -0.25) is 4.68 Å². The highest BCUT2D eigenvalue weighted by Crippen LogP contribution is 2.20. The van der Waals surface area contributed by atoms with Gasteiger partial charge in [-0.05, 0) is 37.6 Å². The van der Waals surface area contributed by atoms with Crippen LogP contribution in [-0.4, -0.2) is 9.78 Å². The number of rotatable bonds is 3. The molecule has 0 aliphatic carbocycles. The summed E-state index contributed by atoms with van der Waals surface area (Å²) >= 11 is 5.81. The minimum Gasteiger partial charge on any atom is -0.378 e. The molecule has 5 heteroatoms. The third-order valence-corrected chi connectivity index (χ3v) is 3.12. The van der Waals surface area contributed by atoms with E-state index < -0.39 is 0 Å². The number of hydrogen-bond donors (Lipinski definition) is 1. The van der Waals surface area contributed by atoms with Gasteiger partial charge >= 0.3 is 0 Å². The molecule has 96 valence electrons. The molecule has 0 spiro atoms. The van der Waals surface area contributed by atoms with Crippen LogP contribution in [0.3, 0.4) is 0 Å². The number of nitrogens with one attached hydrogen (secondary N) is 1. The molecule has 0 amide bonds. The highest BCUT2D eigenvalue weighted by Gasteiger charge is 2.08. The van der Waals surface area contributed by atoms with Gasteiger partial charge in [0.25, 0.3) is 0 Å². The average molecular weight is 268 g/mol. The Labute approximate surface area is 111 Å². The van der Waals surface area contributed by atoms with Crippen LogP contribution in [-0.2, 0) is 13.6 Å². The zero-order valence-corrected chi connectivity index (χ0v) is 11.3. The molecular formula is C13H15ClFN3. The van der Waals surface area contributed by atoms with Gasteiger partial charge in [0.2, 0.25) is 0 Å². The molecule has 1 aromatic heterocycles. The summed E-state index contributed by atoms with van der Waals surface area (Å²) in [5.74, 6) is -0.320. The Morgan fingerprint density at radius 1 is 1.33 bits per heavy atom.